The molecule has 4 rings (SSSR count). The van der Waals surface area contributed by atoms with Gasteiger partial charge in [-0.25, -0.2) is 4.98 Å². The van der Waals surface area contributed by atoms with Crippen LogP contribution in [0.15, 0.2) is 23.7 Å². The zero-order valence-electron chi connectivity index (χ0n) is 11.8. The Labute approximate surface area is 127 Å². The third-order valence-electron chi connectivity index (χ3n) is 4.68. The summed E-state index contributed by atoms with van der Waals surface area (Å²) in [5.74, 6) is 0.0615. The monoisotopic (exact) mass is 304 g/mol. The normalized spacial score (nSPS) is 27.2. The number of fused-ring (bicyclic) bond motifs is 2. The molecular weight excluding hydrogens is 287 g/mol. The number of hydrogen-bond donors (Lipinski definition) is 1. The van der Waals surface area contributed by atoms with Crippen molar-refractivity contribution in [3.05, 3.63) is 35.2 Å². The van der Waals surface area contributed by atoms with E-state index in [1.165, 1.54) is 24.2 Å². The van der Waals surface area contributed by atoms with Gasteiger partial charge in [0.25, 0.3) is 0 Å². The average Bonchev–Trinajstić information content (AvgIpc) is 3.23. The zero-order valence-corrected chi connectivity index (χ0v) is 12.6. The lowest BCUT2D eigenvalue weighted by atomic mass is 9.84. The summed E-state index contributed by atoms with van der Waals surface area (Å²) < 4.78 is 19.3. The molecule has 3 nitrogen and oxygen atoms in total. The first-order valence-corrected chi connectivity index (χ1v) is 8.17. The number of rotatable bonds is 3. The highest BCUT2D eigenvalue weighted by Gasteiger charge is 2.40. The molecule has 0 saturated carbocycles. The van der Waals surface area contributed by atoms with Crippen LogP contribution in [0.2, 0.25) is 0 Å². The van der Waals surface area contributed by atoms with Crippen molar-refractivity contribution in [2.24, 2.45) is 0 Å². The highest BCUT2D eigenvalue weighted by atomic mass is 32.1. The molecule has 2 fully saturated rings. The van der Waals surface area contributed by atoms with E-state index >= 15 is 0 Å². The molecule has 3 unspecified atom stereocenters. The number of hydrogen-bond acceptors (Lipinski definition) is 4. The SMILES string of the molecule is COc1cc(-c2cc(C3CC4CCC3N4)cnc2F)cs1. The molecule has 1 N–H and O–H groups in total. The minimum absolute atomic E-state index is 0.407. The van der Waals surface area contributed by atoms with Gasteiger partial charge >= 0.3 is 0 Å². The van der Waals surface area contributed by atoms with Gasteiger partial charge in [-0.15, -0.1) is 11.3 Å². The zero-order chi connectivity index (χ0) is 14.4. The van der Waals surface area contributed by atoms with Crippen LogP contribution in [0.3, 0.4) is 0 Å². The van der Waals surface area contributed by atoms with E-state index in [-0.39, 0.29) is 0 Å². The summed E-state index contributed by atoms with van der Waals surface area (Å²) in [4.78, 5) is 3.99. The van der Waals surface area contributed by atoms with E-state index in [1.54, 1.807) is 13.3 Å². The second-order valence-electron chi connectivity index (χ2n) is 5.86. The minimum Gasteiger partial charge on any atom is -0.487 e. The molecule has 2 aliphatic heterocycles. The molecule has 0 aliphatic carbocycles. The summed E-state index contributed by atoms with van der Waals surface area (Å²) in [6.45, 7) is 0. The van der Waals surface area contributed by atoms with Crippen molar-refractivity contribution >= 4 is 11.3 Å². The van der Waals surface area contributed by atoms with Crippen LogP contribution in [0.1, 0.15) is 30.7 Å². The van der Waals surface area contributed by atoms with Gasteiger partial charge in [0.1, 0.15) is 0 Å². The minimum atomic E-state index is -0.407. The molecule has 2 bridgehead atoms. The molecule has 3 atom stereocenters. The van der Waals surface area contributed by atoms with Gasteiger partial charge in [-0.05, 0) is 37.0 Å². The largest absolute Gasteiger partial charge is 0.487 e. The Bertz CT molecular complexity index is 672. The standard InChI is InChI=1S/C16H17FN2OS/c1-20-15-5-10(8-21-15)13-4-9(7-18-16(13)17)12-6-11-2-3-14(12)19-11/h4-5,7-8,11-12,14,19H,2-3,6H2,1H3. The number of halogens is 1. The average molecular weight is 304 g/mol. The van der Waals surface area contributed by atoms with Crippen molar-refractivity contribution in [1.82, 2.24) is 10.3 Å². The summed E-state index contributed by atoms with van der Waals surface area (Å²) in [5, 5.41) is 6.33. The Hall–Kier alpha value is -1.46. The summed E-state index contributed by atoms with van der Waals surface area (Å²) >= 11 is 1.47. The number of aromatic nitrogens is 1. The van der Waals surface area contributed by atoms with Gasteiger partial charge in [0.2, 0.25) is 5.95 Å². The lowest BCUT2D eigenvalue weighted by Crippen LogP contribution is -2.21. The molecule has 0 spiro atoms. The van der Waals surface area contributed by atoms with Crippen LogP contribution >= 0.6 is 11.3 Å². The highest BCUT2D eigenvalue weighted by molar-refractivity contribution is 7.12. The molecule has 21 heavy (non-hydrogen) atoms. The molecular formula is C16H17FN2OS. The van der Waals surface area contributed by atoms with Crippen LogP contribution < -0.4 is 10.1 Å². The van der Waals surface area contributed by atoms with E-state index in [0.29, 0.717) is 23.6 Å². The number of methoxy groups -OCH3 is 1. The maximum atomic E-state index is 14.1. The molecule has 110 valence electrons. The van der Waals surface area contributed by atoms with Crippen molar-refractivity contribution in [3.8, 4) is 16.2 Å². The van der Waals surface area contributed by atoms with Crippen molar-refractivity contribution in [2.75, 3.05) is 7.11 Å². The molecule has 2 saturated heterocycles. The fraction of sp³-hybridized carbons (Fsp3) is 0.438. The number of ether oxygens (including phenoxy) is 1. The molecule has 0 radical (unpaired) electrons. The van der Waals surface area contributed by atoms with E-state index in [9.17, 15) is 4.39 Å². The summed E-state index contributed by atoms with van der Waals surface area (Å²) in [7, 11) is 1.63. The molecule has 5 heteroatoms. The van der Waals surface area contributed by atoms with E-state index in [4.69, 9.17) is 4.74 Å². The molecule has 0 aromatic carbocycles. The molecule has 2 aliphatic rings. The van der Waals surface area contributed by atoms with Crippen molar-refractivity contribution in [1.29, 1.82) is 0 Å². The Morgan fingerprint density at radius 2 is 2.29 bits per heavy atom. The van der Waals surface area contributed by atoms with Gasteiger partial charge < -0.3 is 10.1 Å². The number of thiophene rings is 1. The van der Waals surface area contributed by atoms with Gasteiger partial charge in [0, 0.05) is 40.7 Å². The maximum absolute atomic E-state index is 14.1. The Kier molecular flexibility index (Phi) is 3.19. The molecule has 4 heterocycles. The smallest absolute Gasteiger partial charge is 0.220 e. The van der Waals surface area contributed by atoms with Crippen LogP contribution in [0.25, 0.3) is 11.1 Å². The Morgan fingerprint density at radius 3 is 2.95 bits per heavy atom. The lowest BCUT2D eigenvalue weighted by molar-refractivity contribution is 0.427. The predicted molar refractivity (Wildman–Crippen MR) is 81.4 cm³/mol. The molecule has 2 aromatic heterocycles. The topological polar surface area (TPSA) is 34.1 Å². The van der Waals surface area contributed by atoms with Crippen molar-refractivity contribution in [3.63, 3.8) is 0 Å². The van der Waals surface area contributed by atoms with Crippen LogP contribution in [-0.2, 0) is 0 Å². The first kappa shape index (κ1) is 13.2. The Morgan fingerprint density at radius 1 is 1.38 bits per heavy atom. The fourth-order valence-corrected chi connectivity index (χ4v) is 4.36. The number of nitrogens with zero attached hydrogens (tertiary/aromatic N) is 1. The van der Waals surface area contributed by atoms with Gasteiger partial charge in [0.05, 0.1) is 7.11 Å². The summed E-state index contributed by atoms with van der Waals surface area (Å²) in [5.41, 5.74) is 2.57. The van der Waals surface area contributed by atoms with Gasteiger partial charge in [-0.2, -0.15) is 4.39 Å². The first-order chi connectivity index (χ1) is 10.2. The second-order valence-corrected chi connectivity index (χ2v) is 6.73. The van der Waals surface area contributed by atoms with Gasteiger partial charge in [0.15, 0.2) is 5.06 Å². The van der Waals surface area contributed by atoms with E-state index < -0.39 is 5.95 Å². The van der Waals surface area contributed by atoms with Gasteiger partial charge in [-0.1, -0.05) is 0 Å². The van der Waals surface area contributed by atoms with Gasteiger partial charge in [-0.3, -0.25) is 0 Å². The maximum Gasteiger partial charge on any atom is 0.220 e. The van der Waals surface area contributed by atoms with E-state index in [0.717, 1.165) is 22.6 Å². The van der Waals surface area contributed by atoms with Crippen LogP contribution in [0.4, 0.5) is 4.39 Å². The molecule has 0 amide bonds. The van der Waals surface area contributed by atoms with E-state index in [2.05, 4.69) is 10.3 Å². The molecule has 2 aromatic rings. The number of pyridine rings is 1. The second kappa shape index (κ2) is 5.07. The van der Waals surface area contributed by atoms with Crippen molar-refractivity contribution in [2.45, 2.75) is 37.3 Å². The lowest BCUT2D eigenvalue weighted by Gasteiger charge is -2.20. The predicted octanol–water partition coefficient (Wildman–Crippen LogP) is 3.57. The number of nitrogens with one attached hydrogen (secondary N) is 1. The van der Waals surface area contributed by atoms with Crippen LogP contribution in [0.5, 0.6) is 5.06 Å². The Balaban J connectivity index is 1.69. The third-order valence-corrected chi connectivity index (χ3v) is 5.56. The third kappa shape index (κ3) is 2.24. The van der Waals surface area contributed by atoms with Crippen LogP contribution in [0, 0.1) is 5.95 Å². The highest BCUT2D eigenvalue weighted by Crippen LogP contribution is 2.41. The van der Waals surface area contributed by atoms with Crippen molar-refractivity contribution < 1.29 is 9.13 Å². The first-order valence-electron chi connectivity index (χ1n) is 7.29. The van der Waals surface area contributed by atoms with E-state index in [1.807, 2.05) is 17.5 Å². The quantitative estimate of drug-likeness (QED) is 0.880. The summed E-state index contributed by atoms with van der Waals surface area (Å²) in [6.07, 6.45) is 5.33. The fourth-order valence-electron chi connectivity index (χ4n) is 3.63. The summed E-state index contributed by atoms with van der Waals surface area (Å²) in [6, 6.07) is 5.01. The van der Waals surface area contributed by atoms with Crippen LogP contribution in [-0.4, -0.2) is 24.2 Å².